The summed E-state index contributed by atoms with van der Waals surface area (Å²) in [4.78, 5) is 10.4. The Hall–Kier alpha value is -2.96. The highest BCUT2D eigenvalue weighted by Gasteiger charge is 2.30. The third kappa shape index (κ3) is 5.87. The first-order valence-corrected chi connectivity index (χ1v) is 7.27. The van der Waals surface area contributed by atoms with Crippen LogP contribution < -0.4 is 9.47 Å². The zero-order valence-corrected chi connectivity index (χ0v) is 13.2. The van der Waals surface area contributed by atoms with Crippen LogP contribution in [-0.4, -0.2) is 17.2 Å². The summed E-state index contributed by atoms with van der Waals surface area (Å²) < 4.78 is 48.5. The second-order valence-corrected chi connectivity index (χ2v) is 5.12. The van der Waals surface area contributed by atoms with E-state index in [1.54, 1.807) is 31.2 Å². The molecule has 0 fully saturated rings. The van der Waals surface area contributed by atoms with Gasteiger partial charge in [-0.1, -0.05) is 0 Å². The molecule has 2 rings (SSSR count). The van der Waals surface area contributed by atoms with Gasteiger partial charge in [-0.3, -0.25) is 0 Å². The minimum Gasteiger partial charge on any atom is -0.487 e. The molecule has 1 N–H and O–H groups in total. The van der Waals surface area contributed by atoms with Crippen LogP contribution in [-0.2, 0) is 11.0 Å². The molecular weight excluding hydrogens is 337 g/mol. The zero-order chi connectivity index (χ0) is 18.4. The van der Waals surface area contributed by atoms with Crippen LogP contribution in [0.5, 0.6) is 17.2 Å². The van der Waals surface area contributed by atoms with Crippen molar-refractivity contribution in [2.45, 2.75) is 19.2 Å². The van der Waals surface area contributed by atoms with Gasteiger partial charge in [0.25, 0.3) is 0 Å². The maximum absolute atomic E-state index is 12.5. The third-order valence-corrected chi connectivity index (χ3v) is 3.07. The molecule has 0 aliphatic carbocycles. The standard InChI is InChI=1S/C18H15F3O4/c1-12(2-11-17(22)23)24-14-7-9-16(10-8-14)25-15-5-3-13(4-6-15)18(19,20)21/h2-12H,1H3,(H,22,23). The topological polar surface area (TPSA) is 55.8 Å². The maximum atomic E-state index is 12.5. The van der Waals surface area contributed by atoms with Crippen molar-refractivity contribution in [3.05, 3.63) is 66.2 Å². The monoisotopic (exact) mass is 352 g/mol. The number of halogens is 3. The lowest BCUT2D eigenvalue weighted by molar-refractivity contribution is -0.137. The predicted octanol–water partition coefficient (Wildman–Crippen LogP) is 4.91. The number of alkyl halides is 3. The van der Waals surface area contributed by atoms with Gasteiger partial charge in [-0.25, -0.2) is 4.79 Å². The van der Waals surface area contributed by atoms with Crippen LogP contribution in [0.25, 0.3) is 0 Å². The molecule has 0 bridgehead atoms. The molecule has 4 nitrogen and oxygen atoms in total. The molecule has 0 spiro atoms. The van der Waals surface area contributed by atoms with E-state index in [1.807, 2.05) is 0 Å². The first-order valence-electron chi connectivity index (χ1n) is 7.27. The fourth-order valence-electron chi connectivity index (χ4n) is 1.91. The number of rotatable bonds is 6. The predicted molar refractivity (Wildman–Crippen MR) is 84.8 cm³/mol. The van der Waals surface area contributed by atoms with Crippen LogP contribution in [0.2, 0.25) is 0 Å². The Bertz CT molecular complexity index is 734. The molecular formula is C18H15F3O4. The van der Waals surface area contributed by atoms with Gasteiger partial charge in [0.1, 0.15) is 23.4 Å². The van der Waals surface area contributed by atoms with Crippen molar-refractivity contribution in [3.8, 4) is 17.2 Å². The largest absolute Gasteiger partial charge is 0.487 e. The average molecular weight is 352 g/mol. The lowest BCUT2D eigenvalue weighted by Crippen LogP contribution is -2.08. The summed E-state index contributed by atoms with van der Waals surface area (Å²) in [6, 6.07) is 10.8. The summed E-state index contributed by atoms with van der Waals surface area (Å²) in [5.41, 5.74) is -0.744. The number of carbonyl (C=O) groups is 1. The van der Waals surface area contributed by atoms with Crippen LogP contribution in [0.1, 0.15) is 12.5 Å². The van der Waals surface area contributed by atoms with Gasteiger partial charge in [0.2, 0.25) is 0 Å². The number of ether oxygens (including phenoxy) is 2. The zero-order valence-electron chi connectivity index (χ0n) is 13.2. The lowest BCUT2D eigenvalue weighted by Gasteiger charge is -2.12. The summed E-state index contributed by atoms with van der Waals surface area (Å²) in [5.74, 6) is 0.151. The Morgan fingerprint density at radius 2 is 1.48 bits per heavy atom. The minimum atomic E-state index is -4.39. The van der Waals surface area contributed by atoms with Crippen molar-refractivity contribution in [2.24, 2.45) is 0 Å². The molecule has 0 radical (unpaired) electrons. The first kappa shape index (κ1) is 18.4. The van der Waals surface area contributed by atoms with E-state index in [9.17, 15) is 18.0 Å². The Balaban J connectivity index is 1.97. The first-order chi connectivity index (χ1) is 11.7. The van der Waals surface area contributed by atoms with Gasteiger partial charge in [0.05, 0.1) is 5.56 Å². The highest BCUT2D eigenvalue weighted by molar-refractivity contribution is 5.79. The van der Waals surface area contributed by atoms with Crippen LogP contribution in [0.15, 0.2) is 60.7 Å². The van der Waals surface area contributed by atoms with E-state index in [1.165, 1.54) is 18.2 Å². The van der Waals surface area contributed by atoms with Crippen molar-refractivity contribution < 1.29 is 32.5 Å². The molecule has 7 heteroatoms. The fourth-order valence-corrected chi connectivity index (χ4v) is 1.91. The highest BCUT2D eigenvalue weighted by atomic mass is 19.4. The smallest absolute Gasteiger partial charge is 0.416 e. The molecule has 25 heavy (non-hydrogen) atoms. The summed E-state index contributed by atoms with van der Waals surface area (Å²) in [5, 5.41) is 8.55. The quantitative estimate of drug-likeness (QED) is 0.751. The molecule has 0 saturated carbocycles. The number of benzene rings is 2. The van der Waals surface area contributed by atoms with Crippen LogP contribution in [0.4, 0.5) is 13.2 Å². The van der Waals surface area contributed by atoms with Crippen molar-refractivity contribution in [1.29, 1.82) is 0 Å². The van der Waals surface area contributed by atoms with Gasteiger partial charge in [-0.05, 0) is 61.5 Å². The third-order valence-electron chi connectivity index (χ3n) is 3.07. The van der Waals surface area contributed by atoms with E-state index in [-0.39, 0.29) is 5.75 Å². The maximum Gasteiger partial charge on any atom is 0.416 e. The molecule has 0 aliphatic heterocycles. The second kappa shape index (κ2) is 7.74. The fraction of sp³-hybridized carbons (Fsp3) is 0.167. The summed E-state index contributed by atoms with van der Waals surface area (Å²) in [7, 11) is 0. The van der Waals surface area contributed by atoms with Gasteiger partial charge in [0, 0.05) is 6.08 Å². The van der Waals surface area contributed by atoms with E-state index in [0.717, 1.165) is 18.2 Å². The van der Waals surface area contributed by atoms with Gasteiger partial charge in [0.15, 0.2) is 0 Å². The van der Waals surface area contributed by atoms with Crippen molar-refractivity contribution >= 4 is 5.97 Å². The molecule has 1 unspecified atom stereocenters. The Morgan fingerprint density at radius 1 is 1.00 bits per heavy atom. The number of carboxylic acid groups (broad SMARTS) is 1. The number of aliphatic carboxylic acids is 1. The van der Waals surface area contributed by atoms with Crippen LogP contribution in [0.3, 0.4) is 0 Å². The lowest BCUT2D eigenvalue weighted by atomic mass is 10.2. The second-order valence-electron chi connectivity index (χ2n) is 5.12. The Morgan fingerprint density at radius 3 is 1.96 bits per heavy atom. The molecule has 0 saturated heterocycles. The highest BCUT2D eigenvalue weighted by Crippen LogP contribution is 2.31. The molecule has 1 atom stereocenters. The van der Waals surface area contributed by atoms with E-state index in [2.05, 4.69) is 0 Å². The molecule has 0 amide bonds. The van der Waals surface area contributed by atoms with Crippen molar-refractivity contribution in [1.82, 2.24) is 0 Å². The molecule has 2 aromatic rings. The normalized spacial score (nSPS) is 12.8. The van der Waals surface area contributed by atoms with Crippen LogP contribution >= 0.6 is 0 Å². The number of carboxylic acids is 1. The summed E-state index contributed by atoms with van der Waals surface area (Å²) in [6.07, 6.45) is -2.43. The minimum absolute atomic E-state index is 0.277. The summed E-state index contributed by atoms with van der Waals surface area (Å²) >= 11 is 0. The van der Waals surface area contributed by atoms with E-state index in [4.69, 9.17) is 14.6 Å². The SMILES string of the molecule is CC(C=CC(=O)O)Oc1ccc(Oc2ccc(C(F)(F)F)cc2)cc1. The molecule has 0 heterocycles. The molecule has 0 aromatic heterocycles. The van der Waals surface area contributed by atoms with Gasteiger partial charge in [-0.2, -0.15) is 13.2 Å². The van der Waals surface area contributed by atoms with E-state index < -0.39 is 23.8 Å². The van der Waals surface area contributed by atoms with Gasteiger partial charge >= 0.3 is 12.1 Å². The molecule has 2 aromatic carbocycles. The van der Waals surface area contributed by atoms with Crippen LogP contribution in [0, 0.1) is 0 Å². The van der Waals surface area contributed by atoms with E-state index >= 15 is 0 Å². The van der Waals surface area contributed by atoms with Gasteiger partial charge in [-0.15, -0.1) is 0 Å². The Labute approximate surface area is 142 Å². The van der Waals surface area contributed by atoms with Gasteiger partial charge < -0.3 is 14.6 Å². The Kier molecular flexibility index (Phi) is 5.69. The van der Waals surface area contributed by atoms with Crippen molar-refractivity contribution in [3.63, 3.8) is 0 Å². The molecule has 0 aliphatic rings. The number of hydrogen-bond acceptors (Lipinski definition) is 3. The number of hydrogen-bond donors (Lipinski definition) is 1. The molecule has 132 valence electrons. The summed E-state index contributed by atoms with van der Waals surface area (Å²) in [6.45, 7) is 1.69. The van der Waals surface area contributed by atoms with E-state index in [0.29, 0.717) is 11.5 Å². The van der Waals surface area contributed by atoms with Crippen molar-refractivity contribution in [2.75, 3.05) is 0 Å². The average Bonchev–Trinajstić information content (AvgIpc) is 2.54.